The van der Waals surface area contributed by atoms with Crippen molar-refractivity contribution in [1.82, 2.24) is 0 Å². The zero-order valence-electron chi connectivity index (χ0n) is 14.9. The van der Waals surface area contributed by atoms with Gasteiger partial charge < -0.3 is 28.4 Å². The highest BCUT2D eigenvalue weighted by atomic mass is 16.7. The number of carbonyl (C=O) groups is 1. The number of fused-ring (bicyclic) bond motifs is 2. The first-order valence-corrected chi connectivity index (χ1v) is 8.38. The van der Waals surface area contributed by atoms with Crippen LogP contribution in [0.5, 0.6) is 34.5 Å². The van der Waals surface area contributed by atoms with Crippen LogP contribution in [-0.2, 0) is 0 Å². The zero-order valence-corrected chi connectivity index (χ0v) is 14.9. The van der Waals surface area contributed by atoms with Gasteiger partial charge in [-0.2, -0.15) is 0 Å². The van der Waals surface area contributed by atoms with E-state index in [4.69, 9.17) is 28.4 Å². The Morgan fingerprint density at radius 2 is 1.70 bits per heavy atom. The smallest absolute Gasteiger partial charge is 0.231 e. The summed E-state index contributed by atoms with van der Waals surface area (Å²) in [4.78, 5) is 12.6. The topological polar surface area (TPSA) is 72.5 Å². The number of carbonyl (C=O) groups excluding carboxylic acids is 1. The molecule has 0 bridgehead atoms. The van der Waals surface area contributed by atoms with Crippen LogP contribution in [0, 0.1) is 0 Å². The van der Waals surface area contributed by atoms with Gasteiger partial charge in [0.2, 0.25) is 18.3 Å². The number of rotatable bonds is 5. The van der Waals surface area contributed by atoms with E-state index in [9.17, 15) is 4.79 Å². The number of ether oxygens (including phenoxy) is 6. The first-order valence-electron chi connectivity index (χ1n) is 8.38. The van der Waals surface area contributed by atoms with Crippen molar-refractivity contribution in [2.45, 2.75) is 0 Å². The quantitative estimate of drug-likeness (QED) is 0.591. The van der Waals surface area contributed by atoms with Crippen molar-refractivity contribution in [3.63, 3.8) is 0 Å². The molecule has 140 valence electrons. The van der Waals surface area contributed by atoms with Crippen LogP contribution in [0.25, 0.3) is 6.08 Å². The highest BCUT2D eigenvalue weighted by molar-refractivity contribution is 6.07. The Morgan fingerprint density at radius 1 is 0.926 bits per heavy atom. The van der Waals surface area contributed by atoms with Gasteiger partial charge in [0.05, 0.1) is 14.2 Å². The number of methoxy groups -OCH3 is 2. The van der Waals surface area contributed by atoms with Crippen molar-refractivity contribution >= 4 is 11.9 Å². The molecule has 0 aliphatic carbocycles. The van der Waals surface area contributed by atoms with Crippen molar-refractivity contribution in [2.75, 3.05) is 34.2 Å². The molecular weight excluding hydrogens is 352 g/mol. The van der Waals surface area contributed by atoms with Crippen LogP contribution < -0.4 is 28.4 Å². The van der Waals surface area contributed by atoms with Crippen LogP contribution in [0.2, 0.25) is 0 Å². The van der Waals surface area contributed by atoms with Gasteiger partial charge in [0.25, 0.3) is 0 Å². The second-order valence-electron chi connectivity index (χ2n) is 5.82. The zero-order chi connectivity index (χ0) is 18.8. The van der Waals surface area contributed by atoms with E-state index in [-0.39, 0.29) is 12.6 Å². The largest absolute Gasteiger partial charge is 0.492 e. The van der Waals surface area contributed by atoms with E-state index in [0.717, 1.165) is 0 Å². The number of allylic oxidation sites excluding steroid dienone is 1. The second kappa shape index (κ2) is 7.11. The molecule has 0 saturated carbocycles. The Labute approximate surface area is 156 Å². The molecule has 2 aliphatic rings. The van der Waals surface area contributed by atoms with Crippen LogP contribution in [0.1, 0.15) is 15.9 Å². The minimum Gasteiger partial charge on any atom is -0.492 e. The van der Waals surface area contributed by atoms with Crippen LogP contribution in [0.4, 0.5) is 0 Å². The molecule has 0 amide bonds. The lowest BCUT2D eigenvalue weighted by Crippen LogP contribution is -2.15. The number of benzene rings is 2. The fourth-order valence-corrected chi connectivity index (χ4v) is 2.99. The molecule has 4 rings (SSSR count). The normalized spacial score (nSPS) is 14.3. The van der Waals surface area contributed by atoms with E-state index in [1.807, 2.05) is 0 Å². The summed E-state index contributed by atoms with van der Waals surface area (Å²) < 4.78 is 32.7. The molecule has 2 aliphatic heterocycles. The summed E-state index contributed by atoms with van der Waals surface area (Å²) >= 11 is 0. The van der Waals surface area contributed by atoms with Gasteiger partial charge in [-0.05, 0) is 36.4 Å². The third-order valence-corrected chi connectivity index (χ3v) is 4.25. The van der Waals surface area contributed by atoms with E-state index in [0.29, 0.717) is 58.8 Å². The van der Waals surface area contributed by atoms with Gasteiger partial charge in [0, 0.05) is 11.1 Å². The van der Waals surface area contributed by atoms with Crippen molar-refractivity contribution in [1.29, 1.82) is 0 Å². The van der Waals surface area contributed by atoms with E-state index < -0.39 is 0 Å². The summed E-state index contributed by atoms with van der Waals surface area (Å²) in [7, 11) is 3.05. The first kappa shape index (κ1) is 17.1. The second-order valence-corrected chi connectivity index (χ2v) is 5.82. The van der Waals surface area contributed by atoms with Crippen LogP contribution >= 0.6 is 0 Å². The average molecular weight is 370 g/mol. The molecule has 7 nitrogen and oxygen atoms in total. The summed E-state index contributed by atoms with van der Waals surface area (Å²) in [5.74, 6) is 2.97. The van der Waals surface area contributed by atoms with E-state index in [1.54, 1.807) is 30.3 Å². The molecule has 27 heavy (non-hydrogen) atoms. The van der Waals surface area contributed by atoms with Crippen LogP contribution in [-0.4, -0.2) is 40.0 Å². The van der Waals surface area contributed by atoms with Gasteiger partial charge in [0.15, 0.2) is 28.8 Å². The molecule has 0 saturated heterocycles. The molecular formula is C20H18O7. The molecule has 0 atom stereocenters. The average Bonchev–Trinajstić information content (AvgIpc) is 3.18. The van der Waals surface area contributed by atoms with Gasteiger partial charge in [-0.25, -0.2) is 0 Å². The van der Waals surface area contributed by atoms with E-state index in [1.165, 1.54) is 20.3 Å². The predicted octanol–water partition coefficient (Wildman–Crippen LogP) is 3.10. The maximum absolute atomic E-state index is 12.6. The highest BCUT2D eigenvalue weighted by Crippen LogP contribution is 2.49. The fraction of sp³-hybridized carbons (Fsp3) is 0.250. The van der Waals surface area contributed by atoms with Crippen molar-refractivity contribution in [3.05, 3.63) is 41.5 Å². The molecule has 0 fully saturated rings. The Hall–Kier alpha value is -3.35. The molecule has 0 aromatic heterocycles. The molecule has 0 spiro atoms. The Bertz CT molecular complexity index is 917. The molecule has 2 aromatic carbocycles. The maximum Gasteiger partial charge on any atom is 0.231 e. The molecule has 0 radical (unpaired) electrons. The first-order chi connectivity index (χ1) is 13.2. The monoisotopic (exact) mass is 370 g/mol. The number of hydrogen-bond donors (Lipinski definition) is 0. The van der Waals surface area contributed by atoms with Crippen LogP contribution in [0.15, 0.2) is 30.3 Å². The molecule has 0 unspecified atom stereocenters. The summed E-state index contributed by atoms with van der Waals surface area (Å²) in [6.07, 6.45) is 3.12. The molecule has 0 N–H and O–H groups in total. The lowest BCUT2D eigenvalue weighted by molar-refractivity contribution is 0.104. The minimum absolute atomic E-state index is 0.109. The number of hydrogen-bond acceptors (Lipinski definition) is 7. The van der Waals surface area contributed by atoms with Crippen LogP contribution in [0.3, 0.4) is 0 Å². The fourth-order valence-electron chi connectivity index (χ4n) is 2.99. The van der Waals surface area contributed by atoms with Crippen molar-refractivity contribution in [2.24, 2.45) is 0 Å². The lowest BCUT2D eigenvalue weighted by Gasteiger charge is -2.18. The van der Waals surface area contributed by atoms with Crippen molar-refractivity contribution < 1.29 is 33.2 Å². The Balaban J connectivity index is 1.64. The summed E-state index contributed by atoms with van der Waals surface area (Å²) in [5, 5.41) is 0. The summed E-state index contributed by atoms with van der Waals surface area (Å²) in [5.41, 5.74) is 1.15. The van der Waals surface area contributed by atoms with Gasteiger partial charge in [-0.3, -0.25) is 4.79 Å². The van der Waals surface area contributed by atoms with E-state index >= 15 is 0 Å². The molecule has 2 heterocycles. The SMILES string of the molecule is COc1c(/C=C/C(=O)c2ccc3c(c2)OCCO3)cc2c(c1OC)OCO2. The maximum atomic E-state index is 12.6. The predicted molar refractivity (Wildman–Crippen MR) is 96.5 cm³/mol. The summed E-state index contributed by atoms with van der Waals surface area (Å²) in [6.45, 7) is 1.08. The Morgan fingerprint density at radius 3 is 2.48 bits per heavy atom. The van der Waals surface area contributed by atoms with Crippen molar-refractivity contribution in [3.8, 4) is 34.5 Å². The summed E-state index contributed by atoms with van der Waals surface area (Å²) in [6, 6.07) is 6.87. The van der Waals surface area contributed by atoms with Gasteiger partial charge in [-0.15, -0.1) is 0 Å². The third-order valence-electron chi connectivity index (χ3n) is 4.25. The highest BCUT2D eigenvalue weighted by Gasteiger charge is 2.25. The van der Waals surface area contributed by atoms with E-state index in [2.05, 4.69) is 0 Å². The molecule has 7 heteroatoms. The third kappa shape index (κ3) is 3.12. The van der Waals surface area contributed by atoms with Gasteiger partial charge in [0.1, 0.15) is 13.2 Å². The standard InChI is InChI=1S/C20H18O7/c1-22-18-13(10-17-19(20(18)23-2)27-11-26-17)3-5-14(21)12-4-6-15-16(9-12)25-8-7-24-15/h3-6,9-10H,7-8,11H2,1-2H3/b5-3+. The molecule has 2 aromatic rings. The minimum atomic E-state index is -0.175. The Kier molecular flexibility index (Phi) is 4.50. The van der Waals surface area contributed by atoms with Gasteiger partial charge >= 0.3 is 0 Å². The van der Waals surface area contributed by atoms with Gasteiger partial charge in [-0.1, -0.05) is 0 Å². The number of ketones is 1. The lowest BCUT2D eigenvalue weighted by atomic mass is 10.1.